The van der Waals surface area contributed by atoms with Gasteiger partial charge >= 0.3 is 0 Å². The normalized spacial score (nSPS) is 12.3. The van der Waals surface area contributed by atoms with Gasteiger partial charge in [-0.25, -0.2) is 4.98 Å². The third-order valence-electron chi connectivity index (χ3n) is 6.68. The fourth-order valence-electron chi connectivity index (χ4n) is 4.20. The number of rotatable bonds is 18. The quantitative estimate of drug-likeness (QED) is 0.0701. The molecule has 0 spiro atoms. The average molecular weight is 605 g/mol. The van der Waals surface area contributed by atoms with Gasteiger partial charge < -0.3 is 36.0 Å². The summed E-state index contributed by atoms with van der Waals surface area (Å²) in [4.78, 5) is 6.82. The van der Waals surface area contributed by atoms with Crippen molar-refractivity contribution in [2.75, 3.05) is 51.0 Å². The van der Waals surface area contributed by atoms with Gasteiger partial charge in [-0.05, 0) is 91.6 Å². The maximum absolute atomic E-state index is 6.21. The van der Waals surface area contributed by atoms with Gasteiger partial charge in [-0.3, -0.25) is 4.90 Å². The highest BCUT2D eigenvalue weighted by molar-refractivity contribution is 5.70. The van der Waals surface area contributed by atoms with Gasteiger partial charge in [0, 0.05) is 39.0 Å². The topological polar surface area (TPSA) is 124 Å². The van der Waals surface area contributed by atoms with Crippen molar-refractivity contribution in [3.05, 3.63) is 102 Å². The fourth-order valence-corrected chi connectivity index (χ4v) is 4.20. The molecule has 0 radical (unpaired) electrons. The number of allylic oxidation sites excluding steroid dienone is 4. The van der Waals surface area contributed by atoms with Crippen LogP contribution in [-0.4, -0.2) is 49.8 Å². The van der Waals surface area contributed by atoms with Crippen LogP contribution >= 0.6 is 0 Å². The molecule has 2 heterocycles. The van der Waals surface area contributed by atoms with Gasteiger partial charge in [-0.2, -0.15) is 0 Å². The minimum Gasteiger partial charge on any atom is -0.494 e. The van der Waals surface area contributed by atoms with Crippen LogP contribution in [0.1, 0.15) is 58.0 Å². The number of anilines is 2. The minimum absolute atomic E-state index is 0.421. The Balaban J connectivity index is 0.00000159. The highest BCUT2D eigenvalue weighted by atomic mass is 16.5. The Morgan fingerprint density at radius 3 is 2.52 bits per heavy atom. The zero-order valence-corrected chi connectivity index (χ0v) is 27.1. The summed E-state index contributed by atoms with van der Waals surface area (Å²) < 4.78 is 15.6. The molecule has 1 aromatic carbocycles. The van der Waals surface area contributed by atoms with Crippen molar-refractivity contribution in [3.8, 4) is 11.1 Å². The van der Waals surface area contributed by atoms with Crippen molar-refractivity contribution in [2.24, 2.45) is 5.73 Å². The molecule has 1 unspecified atom stereocenters. The molecule has 0 saturated heterocycles. The van der Waals surface area contributed by atoms with Gasteiger partial charge in [0.2, 0.25) is 0 Å². The second kappa shape index (κ2) is 20.8. The monoisotopic (exact) mass is 604 g/mol. The van der Waals surface area contributed by atoms with E-state index in [4.69, 9.17) is 20.6 Å². The number of aromatic nitrogens is 1. The third-order valence-corrected chi connectivity index (χ3v) is 6.68. The van der Waals surface area contributed by atoms with Gasteiger partial charge in [0.1, 0.15) is 29.3 Å². The van der Waals surface area contributed by atoms with Crippen LogP contribution in [0.5, 0.6) is 0 Å². The number of ether oxygens (including phenoxy) is 2. The number of methoxy groups -OCH3 is 1. The fraction of sp³-hybridized carbons (Fsp3) is 0.400. The van der Waals surface area contributed by atoms with E-state index < -0.39 is 6.17 Å². The summed E-state index contributed by atoms with van der Waals surface area (Å²) in [5.74, 6) is 2.44. The van der Waals surface area contributed by atoms with E-state index in [1.165, 1.54) is 11.3 Å². The lowest BCUT2D eigenvalue weighted by atomic mass is 10.0. The van der Waals surface area contributed by atoms with Crippen LogP contribution < -0.4 is 22.1 Å². The highest BCUT2D eigenvalue weighted by Crippen LogP contribution is 2.26. The molecule has 0 amide bonds. The number of pyridine rings is 1. The predicted octanol–water partition coefficient (Wildman–Crippen LogP) is 6.85. The van der Waals surface area contributed by atoms with Crippen LogP contribution in [0.2, 0.25) is 0 Å². The SMILES string of the molecule is C=C/C(=C\C=C(/CC)NCCN(CC)Cc1cccc(-c2cc(N)nc(NC(N)c3ccco3)c2)c1)OCCC.CCOC. The number of nitrogens with one attached hydrogen (secondary N) is 2. The van der Waals surface area contributed by atoms with Crippen molar-refractivity contribution >= 4 is 11.6 Å². The summed E-state index contributed by atoms with van der Waals surface area (Å²) in [7, 11) is 1.68. The Morgan fingerprint density at radius 1 is 1.09 bits per heavy atom. The average Bonchev–Trinajstić information content (AvgIpc) is 3.59. The van der Waals surface area contributed by atoms with E-state index in [9.17, 15) is 0 Å². The van der Waals surface area contributed by atoms with E-state index >= 15 is 0 Å². The van der Waals surface area contributed by atoms with Crippen LogP contribution in [0.15, 0.2) is 95.5 Å². The molecular weight excluding hydrogens is 552 g/mol. The molecule has 9 heteroatoms. The molecule has 44 heavy (non-hydrogen) atoms. The number of furan rings is 1. The van der Waals surface area contributed by atoms with Crippen LogP contribution in [-0.2, 0) is 16.0 Å². The van der Waals surface area contributed by atoms with Crippen molar-refractivity contribution in [1.29, 1.82) is 0 Å². The molecule has 0 bridgehead atoms. The molecule has 6 N–H and O–H groups in total. The Morgan fingerprint density at radius 2 is 1.89 bits per heavy atom. The molecule has 2 aromatic heterocycles. The molecular formula is C35H52N6O3. The number of nitrogen functional groups attached to an aromatic ring is 1. The Hall–Kier alpha value is -4.05. The zero-order valence-electron chi connectivity index (χ0n) is 27.1. The zero-order chi connectivity index (χ0) is 32.2. The lowest BCUT2D eigenvalue weighted by Gasteiger charge is -2.22. The Labute approximate surface area is 264 Å². The van der Waals surface area contributed by atoms with Gasteiger partial charge in [0.15, 0.2) is 0 Å². The molecule has 3 rings (SSSR count). The molecule has 0 fully saturated rings. The van der Waals surface area contributed by atoms with E-state index in [2.05, 4.69) is 82.9 Å². The Kier molecular flexibility index (Phi) is 17.1. The predicted molar refractivity (Wildman–Crippen MR) is 183 cm³/mol. The standard InChI is InChI=1S/C32H44N6O2.C3H8O/c1-5-18-39-28(7-3)15-14-27(6-2)35-16-17-38(8-4)23-24-11-9-12-25(20-24)26-21-30(33)36-31(22-26)37-32(34)29-13-10-19-40-29;1-3-4-2/h7,9-15,19-22,32,35H,3,5-6,8,16-18,23,34H2,1-2,4H3,(H3,33,36,37);3H2,1-2H3/b27-14+,28-15+;. The number of hydrogen-bond acceptors (Lipinski definition) is 9. The maximum Gasteiger partial charge on any atom is 0.140 e. The number of benzene rings is 1. The first-order chi connectivity index (χ1) is 21.4. The molecule has 0 saturated carbocycles. The van der Waals surface area contributed by atoms with Crippen molar-refractivity contribution in [1.82, 2.24) is 15.2 Å². The molecule has 240 valence electrons. The number of hydrogen-bond donors (Lipinski definition) is 4. The van der Waals surface area contributed by atoms with E-state index in [0.29, 0.717) is 24.0 Å². The van der Waals surface area contributed by atoms with Gasteiger partial charge in [0.05, 0.1) is 12.9 Å². The second-order valence-electron chi connectivity index (χ2n) is 10.0. The first-order valence-electron chi connectivity index (χ1n) is 15.4. The molecule has 0 aliphatic rings. The molecule has 0 aliphatic heterocycles. The largest absolute Gasteiger partial charge is 0.494 e. The summed E-state index contributed by atoms with van der Waals surface area (Å²) in [5, 5.41) is 6.74. The summed E-state index contributed by atoms with van der Waals surface area (Å²) in [6, 6.07) is 16.0. The summed E-state index contributed by atoms with van der Waals surface area (Å²) in [6.45, 7) is 17.3. The third kappa shape index (κ3) is 13.1. The van der Waals surface area contributed by atoms with E-state index in [1.807, 2.05) is 31.2 Å². The molecule has 1 atom stereocenters. The van der Waals surface area contributed by atoms with E-state index in [-0.39, 0.29) is 0 Å². The molecule has 0 aliphatic carbocycles. The van der Waals surface area contributed by atoms with Crippen LogP contribution in [0.25, 0.3) is 11.1 Å². The van der Waals surface area contributed by atoms with Gasteiger partial charge in [-0.15, -0.1) is 0 Å². The van der Waals surface area contributed by atoms with Crippen molar-refractivity contribution in [2.45, 2.75) is 53.2 Å². The number of nitrogens with two attached hydrogens (primary N) is 2. The molecule has 9 nitrogen and oxygen atoms in total. The van der Waals surface area contributed by atoms with Gasteiger partial charge in [-0.1, -0.05) is 45.5 Å². The first kappa shape index (κ1) is 36.1. The van der Waals surface area contributed by atoms with Crippen LogP contribution in [0.3, 0.4) is 0 Å². The summed E-state index contributed by atoms with van der Waals surface area (Å²) in [6.07, 6.45) is 8.77. The maximum atomic E-state index is 6.21. The minimum atomic E-state index is -0.521. The van der Waals surface area contributed by atoms with Crippen molar-refractivity contribution in [3.63, 3.8) is 0 Å². The summed E-state index contributed by atoms with van der Waals surface area (Å²) >= 11 is 0. The van der Waals surface area contributed by atoms with Crippen LogP contribution in [0.4, 0.5) is 11.6 Å². The van der Waals surface area contributed by atoms with Gasteiger partial charge in [0.25, 0.3) is 0 Å². The lowest BCUT2D eigenvalue weighted by molar-refractivity contribution is 0.215. The number of nitrogens with zero attached hydrogens (tertiary/aromatic N) is 2. The van der Waals surface area contributed by atoms with Crippen molar-refractivity contribution < 1.29 is 13.9 Å². The smallest absolute Gasteiger partial charge is 0.140 e. The Bertz CT molecular complexity index is 1290. The number of likely N-dealkylation sites (N-methyl/N-ethyl adjacent to an activating group) is 1. The summed E-state index contributed by atoms with van der Waals surface area (Å²) in [5.41, 5.74) is 16.8. The highest BCUT2D eigenvalue weighted by Gasteiger charge is 2.12. The molecule has 3 aromatic rings. The van der Waals surface area contributed by atoms with Crippen LogP contribution in [0, 0.1) is 0 Å². The first-order valence-corrected chi connectivity index (χ1v) is 15.4. The second-order valence-corrected chi connectivity index (χ2v) is 10.0. The lowest BCUT2D eigenvalue weighted by Crippen LogP contribution is -2.31. The van der Waals surface area contributed by atoms with E-state index in [1.54, 1.807) is 25.5 Å². The van der Waals surface area contributed by atoms with E-state index in [0.717, 1.165) is 62.5 Å².